The molecule has 9 unspecified atom stereocenters. The Balaban J connectivity index is 1.38. The summed E-state index contributed by atoms with van der Waals surface area (Å²) in [7, 11) is 0. The minimum atomic E-state index is -0.637. The van der Waals surface area contributed by atoms with Crippen LogP contribution in [0, 0.1) is 29.1 Å². The number of nitrogens with zero attached hydrogens (tertiary/aromatic N) is 1. The highest BCUT2D eigenvalue weighted by Gasteiger charge is 2.51. The second-order valence-corrected chi connectivity index (χ2v) is 16.0. The normalized spacial score (nSPS) is 38.6. The molecule has 0 amide bonds. The summed E-state index contributed by atoms with van der Waals surface area (Å²) in [5, 5.41) is 25.6. The van der Waals surface area contributed by atoms with Gasteiger partial charge in [0.2, 0.25) is 0 Å². The molecule has 7 heteroatoms. The van der Waals surface area contributed by atoms with Gasteiger partial charge in [-0.25, -0.2) is 0 Å². The fourth-order valence-electron chi connectivity index (χ4n) is 8.85. The molecule has 4 rings (SSSR count). The molecule has 40 heavy (non-hydrogen) atoms. The van der Waals surface area contributed by atoms with Crippen molar-refractivity contribution in [3.8, 4) is 0 Å². The molecule has 0 bridgehead atoms. The molecular formula is C33H61ClN2O4. The van der Waals surface area contributed by atoms with Crippen LogP contribution >= 0.6 is 11.6 Å². The van der Waals surface area contributed by atoms with Crippen molar-refractivity contribution in [2.75, 3.05) is 39.4 Å². The van der Waals surface area contributed by atoms with Gasteiger partial charge in [0, 0.05) is 29.9 Å². The average Bonchev–Trinajstić information content (AvgIpc) is 3.05. The Morgan fingerprint density at radius 2 is 1.93 bits per heavy atom. The monoisotopic (exact) mass is 584 g/mol. The summed E-state index contributed by atoms with van der Waals surface area (Å²) in [4.78, 5) is 2.61. The van der Waals surface area contributed by atoms with Crippen LogP contribution < -0.4 is 5.32 Å². The number of ether oxygens (including phenoxy) is 2. The van der Waals surface area contributed by atoms with Gasteiger partial charge in [-0.05, 0) is 122 Å². The molecule has 3 N–H and O–H groups in total. The molecule has 3 saturated heterocycles. The first-order valence-corrected chi connectivity index (χ1v) is 17.0. The lowest BCUT2D eigenvalue weighted by atomic mass is 9.63. The van der Waals surface area contributed by atoms with E-state index in [0.717, 1.165) is 71.3 Å². The van der Waals surface area contributed by atoms with Crippen LogP contribution in [-0.2, 0) is 9.47 Å². The van der Waals surface area contributed by atoms with Crippen LogP contribution in [0.2, 0.25) is 0 Å². The lowest BCUT2D eigenvalue weighted by molar-refractivity contribution is -0.153. The van der Waals surface area contributed by atoms with Crippen molar-refractivity contribution >= 4 is 11.6 Å². The number of aliphatic hydroxyl groups excluding tert-OH is 1. The smallest absolute Gasteiger partial charge is 0.0859 e. The van der Waals surface area contributed by atoms with Gasteiger partial charge in [0.05, 0.1) is 36.6 Å². The maximum atomic E-state index is 11.8. The number of alkyl halides is 1. The van der Waals surface area contributed by atoms with Crippen LogP contribution in [0.3, 0.4) is 0 Å². The summed E-state index contributed by atoms with van der Waals surface area (Å²) in [6.45, 7) is 17.8. The van der Waals surface area contributed by atoms with E-state index in [4.69, 9.17) is 21.1 Å². The van der Waals surface area contributed by atoms with Crippen molar-refractivity contribution < 1.29 is 19.7 Å². The molecule has 9 atom stereocenters. The number of likely N-dealkylation sites (tertiary alicyclic amines) is 1. The van der Waals surface area contributed by atoms with Crippen LogP contribution in [0.5, 0.6) is 0 Å². The van der Waals surface area contributed by atoms with Gasteiger partial charge in [0.25, 0.3) is 0 Å². The lowest BCUT2D eigenvalue weighted by Crippen LogP contribution is -2.60. The minimum Gasteiger partial charge on any atom is -0.393 e. The third-order valence-corrected chi connectivity index (χ3v) is 11.5. The second kappa shape index (κ2) is 13.8. The highest BCUT2D eigenvalue weighted by molar-refractivity contribution is 6.20. The summed E-state index contributed by atoms with van der Waals surface area (Å²) in [6, 6.07) is 0.471. The van der Waals surface area contributed by atoms with Gasteiger partial charge in [-0.2, -0.15) is 0 Å². The van der Waals surface area contributed by atoms with Crippen molar-refractivity contribution in [3.63, 3.8) is 0 Å². The minimum absolute atomic E-state index is 0.0536. The fraction of sp³-hybridized carbons (Fsp3) is 1.00. The SMILES string of the molecule is CC(Cl)CCC(C)C1(O)CCN(CCCC2C3CCCNC3COC3CCC(OC(C)(C)CO)CC32)CC1(C)C. The number of rotatable bonds is 11. The molecule has 0 aromatic carbocycles. The number of halogens is 1. The molecule has 4 fully saturated rings. The number of hydrogen-bond donors (Lipinski definition) is 3. The molecule has 1 saturated carbocycles. The lowest BCUT2D eigenvalue weighted by Gasteiger charge is -2.53. The molecule has 4 aliphatic rings. The Morgan fingerprint density at radius 1 is 1.15 bits per heavy atom. The fourth-order valence-corrected chi connectivity index (χ4v) is 8.98. The average molecular weight is 585 g/mol. The second-order valence-electron chi connectivity index (χ2n) is 15.3. The van der Waals surface area contributed by atoms with Crippen LogP contribution in [0.25, 0.3) is 0 Å². The van der Waals surface area contributed by atoms with Crippen LogP contribution in [0.4, 0.5) is 0 Å². The number of nitrogens with one attached hydrogen (secondary N) is 1. The summed E-state index contributed by atoms with van der Waals surface area (Å²) >= 11 is 6.24. The van der Waals surface area contributed by atoms with E-state index in [1.165, 1.54) is 25.7 Å². The van der Waals surface area contributed by atoms with Crippen LogP contribution in [0.15, 0.2) is 0 Å². The maximum absolute atomic E-state index is 11.8. The number of aliphatic hydroxyl groups is 2. The molecule has 3 aliphatic heterocycles. The van der Waals surface area contributed by atoms with E-state index in [0.29, 0.717) is 29.9 Å². The Hall–Kier alpha value is 0.0500. The van der Waals surface area contributed by atoms with E-state index < -0.39 is 11.2 Å². The summed E-state index contributed by atoms with van der Waals surface area (Å²) < 4.78 is 13.0. The van der Waals surface area contributed by atoms with E-state index in [1.807, 2.05) is 13.8 Å². The Labute approximate surface area is 250 Å². The van der Waals surface area contributed by atoms with Gasteiger partial charge < -0.3 is 29.9 Å². The van der Waals surface area contributed by atoms with E-state index >= 15 is 0 Å². The Kier molecular flexibility index (Phi) is 11.4. The zero-order valence-electron chi connectivity index (χ0n) is 26.5. The number of piperidine rings is 2. The zero-order valence-corrected chi connectivity index (χ0v) is 27.2. The van der Waals surface area contributed by atoms with Gasteiger partial charge in [-0.3, -0.25) is 0 Å². The van der Waals surface area contributed by atoms with Gasteiger partial charge >= 0.3 is 0 Å². The highest BCUT2D eigenvalue weighted by atomic mass is 35.5. The summed E-state index contributed by atoms with van der Waals surface area (Å²) in [5.41, 5.74) is -1.27. The Bertz CT molecular complexity index is 794. The van der Waals surface area contributed by atoms with Crippen molar-refractivity contribution in [3.05, 3.63) is 0 Å². The predicted octanol–water partition coefficient (Wildman–Crippen LogP) is 5.61. The van der Waals surface area contributed by atoms with E-state index in [9.17, 15) is 10.2 Å². The van der Waals surface area contributed by atoms with Crippen LogP contribution in [0.1, 0.15) is 106 Å². The molecule has 0 aromatic heterocycles. The molecule has 1 aliphatic carbocycles. The van der Waals surface area contributed by atoms with Gasteiger partial charge in [-0.15, -0.1) is 11.6 Å². The first kappa shape index (κ1) is 33.0. The van der Waals surface area contributed by atoms with Gasteiger partial charge in [-0.1, -0.05) is 20.8 Å². The van der Waals surface area contributed by atoms with E-state index in [1.54, 1.807) is 0 Å². The van der Waals surface area contributed by atoms with E-state index in [2.05, 4.69) is 37.9 Å². The number of fused-ring (bicyclic) bond motifs is 2. The third-order valence-electron chi connectivity index (χ3n) is 11.3. The topological polar surface area (TPSA) is 74.2 Å². The quantitative estimate of drug-likeness (QED) is 0.274. The van der Waals surface area contributed by atoms with Gasteiger partial charge in [0.1, 0.15) is 0 Å². The summed E-state index contributed by atoms with van der Waals surface area (Å²) in [6.07, 6.45) is 11.4. The van der Waals surface area contributed by atoms with Crippen molar-refractivity contribution in [1.82, 2.24) is 10.2 Å². The molecule has 0 spiro atoms. The summed E-state index contributed by atoms with van der Waals surface area (Å²) in [5.74, 6) is 2.08. The maximum Gasteiger partial charge on any atom is 0.0859 e. The molecule has 234 valence electrons. The number of hydrogen-bond acceptors (Lipinski definition) is 6. The standard InChI is InChI=1S/C33H61ClN2O4/c1-23(11-12-24(2)34)33(38)15-18-36(21-31(33,3)4)17-8-10-26-27-9-7-16-35-29(27)20-39-30-14-13-25(19-28(26)30)40-32(5,6)22-37/h23-30,35,37-38H,7-22H2,1-6H3. The molecule has 0 radical (unpaired) electrons. The third kappa shape index (κ3) is 7.76. The van der Waals surface area contributed by atoms with Gasteiger partial charge in [0.15, 0.2) is 0 Å². The predicted molar refractivity (Wildman–Crippen MR) is 164 cm³/mol. The Morgan fingerprint density at radius 3 is 2.62 bits per heavy atom. The molecule has 6 nitrogen and oxygen atoms in total. The largest absolute Gasteiger partial charge is 0.393 e. The van der Waals surface area contributed by atoms with Crippen molar-refractivity contribution in [2.24, 2.45) is 29.1 Å². The first-order chi connectivity index (χ1) is 18.8. The van der Waals surface area contributed by atoms with Crippen molar-refractivity contribution in [1.29, 1.82) is 0 Å². The van der Waals surface area contributed by atoms with Crippen molar-refractivity contribution in [2.45, 2.75) is 141 Å². The zero-order chi connectivity index (χ0) is 29.1. The van der Waals surface area contributed by atoms with Crippen LogP contribution in [-0.4, -0.2) is 89.3 Å². The molecular weight excluding hydrogens is 524 g/mol. The first-order valence-electron chi connectivity index (χ1n) is 16.6. The molecule has 3 heterocycles. The highest BCUT2D eigenvalue weighted by Crippen LogP contribution is 2.47. The molecule has 0 aromatic rings. The van der Waals surface area contributed by atoms with E-state index in [-0.39, 0.29) is 29.4 Å².